The van der Waals surface area contributed by atoms with Crippen LogP contribution in [0.1, 0.15) is 38.2 Å². The molecule has 0 fully saturated rings. The van der Waals surface area contributed by atoms with Crippen molar-refractivity contribution in [3.63, 3.8) is 0 Å². The Balaban J connectivity index is 2.53. The molecule has 2 rings (SSSR count). The Bertz CT molecular complexity index is 572. The molecule has 4 nitrogen and oxygen atoms in total. The van der Waals surface area contributed by atoms with E-state index in [1.807, 2.05) is 0 Å². The third kappa shape index (κ3) is 2.72. The van der Waals surface area contributed by atoms with Gasteiger partial charge in [-0.05, 0) is 44.6 Å². The van der Waals surface area contributed by atoms with Crippen molar-refractivity contribution in [2.45, 2.75) is 40.3 Å². The predicted octanol–water partition coefficient (Wildman–Crippen LogP) is 2.74. The molecule has 1 heterocycles. The molecule has 1 atom stereocenters. The second-order valence-electron chi connectivity index (χ2n) is 5.23. The molecule has 2 aromatic rings. The number of rotatable bonds is 6. The lowest BCUT2D eigenvalue weighted by atomic mass is 10.2. The Labute approximate surface area is 121 Å². The predicted molar refractivity (Wildman–Crippen MR) is 82.9 cm³/mol. The number of aliphatic hydroxyl groups excluding tert-OH is 1. The van der Waals surface area contributed by atoms with Gasteiger partial charge in [-0.15, -0.1) is 0 Å². The van der Waals surface area contributed by atoms with Crippen molar-refractivity contribution in [1.82, 2.24) is 14.5 Å². The number of benzene rings is 1. The van der Waals surface area contributed by atoms with Gasteiger partial charge >= 0.3 is 0 Å². The molecular formula is C16H25N3O. The van der Waals surface area contributed by atoms with Crippen molar-refractivity contribution in [1.29, 1.82) is 0 Å². The van der Waals surface area contributed by atoms with Crippen LogP contribution < -0.4 is 0 Å². The van der Waals surface area contributed by atoms with Gasteiger partial charge in [-0.1, -0.05) is 19.9 Å². The summed E-state index contributed by atoms with van der Waals surface area (Å²) >= 11 is 0. The van der Waals surface area contributed by atoms with Crippen molar-refractivity contribution < 1.29 is 5.11 Å². The largest absolute Gasteiger partial charge is 0.395 e. The van der Waals surface area contributed by atoms with Crippen LogP contribution in [0.5, 0.6) is 0 Å². The van der Waals surface area contributed by atoms with Gasteiger partial charge in [-0.2, -0.15) is 0 Å². The lowest BCUT2D eigenvalue weighted by Crippen LogP contribution is -2.28. The summed E-state index contributed by atoms with van der Waals surface area (Å²) in [6.45, 7) is 11.3. The van der Waals surface area contributed by atoms with Gasteiger partial charge in [-0.3, -0.25) is 4.90 Å². The van der Waals surface area contributed by atoms with E-state index >= 15 is 0 Å². The van der Waals surface area contributed by atoms with E-state index in [2.05, 4.69) is 55.4 Å². The summed E-state index contributed by atoms with van der Waals surface area (Å²) in [5.74, 6) is 1.04. The summed E-state index contributed by atoms with van der Waals surface area (Å²) in [6.07, 6.45) is 0. The lowest BCUT2D eigenvalue weighted by molar-refractivity contribution is 0.216. The van der Waals surface area contributed by atoms with Crippen LogP contribution in [-0.2, 0) is 6.54 Å². The molecule has 0 bridgehead atoms. The summed E-state index contributed by atoms with van der Waals surface area (Å²) in [4.78, 5) is 7.20. The quantitative estimate of drug-likeness (QED) is 0.881. The Morgan fingerprint density at radius 3 is 2.60 bits per heavy atom. The number of aryl methyl sites for hydroxylation is 1. The average Bonchev–Trinajstić information content (AvgIpc) is 2.78. The monoisotopic (exact) mass is 275 g/mol. The first kappa shape index (κ1) is 15.0. The Hall–Kier alpha value is -1.39. The third-order valence-electron chi connectivity index (χ3n) is 3.99. The highest BCUT2D eigenvalue weighted by molar-refractivity contribution is 5.77. The Kier molecular flexibility index (Phi) is 4.78. The maximum atomic E-state index is 9.35. The SMILES string of the molecule is CCN(CC)C(C)c1nc2cc(C)ccc2n1CCO. The summed E-state index contributed by atoms with van der Waals surface area (Å²) in [5.41, 5.74) is 3.35. The topological polar surface area (TPSA) is 41.3 Å². The van der Waals surface area contributed by atoms with E-state index in [0.29, 0.717) is 6.54 Å². The first-order valence-electron chi connectivity index (χ1n) is 7.44. The minimum atomic E-state index is 0.136. The van der Waals surface area contributed by atoms with Crippen molar-refractivity contribution in [3.8, 4) is 0 Å². The summed E-state index contributed by atoms with van der Waals surface area (Å²) in [5, 5.41) is 9.35. The highest BCUT2D eigenvalue weighted by atomic mass is 16.3. The molecule has 0 amide bonds. The lowest BCUT2D eigenvalue weighted by Gasteiger charge is -2.26. The number of aromatic nitrogens is 2. The Morgan fingerprint density at radius 2 is 2.00 bits per heavy atom. The van der Waals surface area contributed by atoms with E-state index in [0.717, 1.165) is 29.9 Å². The molecule has 0 aliphatic heterocycles. The van der Waals surface area contributed by atoms with E-state index < -0.39 is 0 Å². The number of nitrogens with zero attached hydrogens (tertiary/aromatic N) is 3. The second kappa shape index (κ2) is 6.37. The van der Waals surface area contributed by atoms with Crippen LogP contribution in [0.3, 0.4) is 0 Å². The molecule has 0 spiro atoms. The average molecular weight is 275 g/mol. The van der Waals surface area contributed by atoms with E-state index in [9.17, 15) is 5.11 Å². The minimum absolute atomic E-state index is 0.136. The van der Waals surface area contributed by atoms with Crippen molar-refractivity contribution in [3.05, 3.63) is 29.6 Å². The molecule has 0 saturated heterocycles. The van der Waals surface area contributed by atoms with E-state index in [1.165, 1.54) is 5.56 Å². The van der Waals surface area contributed by atoms with Crippen molar-refractivity contribution >= 4 is 11.0 Å². The van der Waals surface area contributed by atoms with Gasteiger partial charge < -0.3 is 9.67 Å². The zero-order chi connectivity index (χ0) is 14.7. The van der Waals surface area contributed by atoms with E-state index in [-0.39, 0.29) is 12.6 Å². The Morgan fingerprint density at radius 1 is 1.30 bits per heavy atom. The van der Waals surface area contributed by atoms with Gasteiger partial charge in [-0.25, -0.2) is 4.98 Å². The first-order valence-corrected chi connectivity index (χ1v) is 7.44. The van der Waals surface area contributed by atoms with Crippen molar-refractivity contribution in [2.75, 3.05) is 19.7 Å². The first-order chi connectivity index (χ1) is 9.62. The fourth-order valence-electron chi connectivity index (χ4n) is 2.85. The molecule has 0 aliphatic carbocycles. The third-order valence-corrected chi connectivity index (χ3v) is 3.99. The zero-order valence-corrected chi connectivity index (χ0v) is 12.9. The van der Waals surface area contributed by atoms with Crippen LogP contribution in [0.4, 0.5) is 0 Å². The molecule has 1 aromatic heterocycles. The molecule has 0 aliphatic rings. The van der Waals surface area contributed by atoms with Gasteiger partial charge in [0.15, 0.2) is 0 Å². The maximum Gasteiger partial charge on any atom is 0.127 e. The molecule has 1 aromatic carbocycles. The fraction of sp³-hybridized carbons (Fsp3) is 0.562. The molecule has 110 valence electrons. The van der Waals surface area contributed by atoms with Gasteiger partial charge in [0.1, 0.15) is 5.82 Å². The van der Waals surface area contributed by atoms with Crippen LogP contribution >= 0.6 is 0 Å². The molecular weight excluding hydrogens is 250 g/mol. The number of hydrogen-bond donors (Lipinski definition) is 1. The minimum Gasteiger partial charge on any atom is -0.395 e. The van der Waals surface area contributed by atoms with Crippen LogP contribution in [0.2, 0.25) is 0 Å². The van der Waals surface area contributed by atoms with Gasteiger partial charge in [0.25, 0.3) is 0 Å². The zero-order valence-electron chi connectivity index (χ0n) is 12.9. The molecule has 1 unspecified atom stereocenters. The smallest absolute Gasteiger partial charge is 0.127 e. The van der Waals surface area contributed by atoms with Crippen LogP contribution in [-0.4, -0.2) is 39.3 Å². The van der Waals surface area contributed by atoms with E-state index in [1.54, 1.807) is 0 Å². The number of hydrogen-bond acceptors (Lipinski definition) is 3. The molecule has 0 radical (unpaired) electrons. The van der Waals surface area contributed by atoms with Crippen LogP contribution in [0, 0.1) is 6.92 Å². The van der Waals surface area contributed by atoms with Crippen LogP contribution in [0.25, 0.3) is 11.0 Å². The van der Waals surface area contributed by atoms with Gasteiger partial charge in [0.05, 0.1) is 23.7 Å². The van der Waals surface area contributed by atoms with Gasteiger partial charge in [0, 0.05) is 6.54 Å². The standard InChI is InChI=1S/C16H25N3O/c1-5-18(6-2)13(4)16-17-14-11-12(3)7-8-15(14)19(16)9-10-20/h7-8,11,13,20H,5-6,9-10H2,1-4H3. The number of fused-ring (bicyclic) bond motifs is 1. The summed E-state index contributed by atoms with van der Waals surface area (Å²) < 4.78 is 2.15. The fourth-order valence-corrected chi connectivity index (χ4v) is 2.85. The summed E-state index contributed by atoms with van der Waals surface area (Å²) in [7, 11) is 0. The van der Waals surface area contributed by atoms with Crippen LogP contribution in [0.15, 0.2) is 18.2 Å². The molecule has 4 heteroatoms. The second-order valence-corrected chi connectivity index (χ2v) is 5.23. The summed E-state index contributed by atoms with van der Waals surface area (Å²) in [6, 6.07) is 6.57. The van der Waals surface area contributed by atoms with Crippen molar-refractivity contribution in [2.24, 2.45) is 0 Å². The van der Waals surface area contributed by atoms with Gasteiger partial charge in [0.2, 0.25) is 0 Å². The molecule has 1 N–H and O–H groups in total. The molecule has 20 heavy (non-hydrogen) atoms. The number of aliphatic hydroxyl groups is 1. The maximum absolute atomic E-state index is 9.35. The highest BCUT2D eigenvalue weighted by Gasteiger charge is 2.20. The number of imidazole rings is 1. The normalized spacial score (nSPS) is 13.3. The van der Waals surface area contributed by atoms with E-state index in [4.69, 9.17) is 4.98 Å². The molecule has 0 saturated carbocycles. The highest BCUT2D eigenvalue weighted by Crippen LogP contribution is 2.25.